The lowest BCUT2D eigenvalue weighted by Crippen LogP contribution is -2.27. The molecule has 0 spiro atoms. The van der Waals surface area contributed by atoms with Crippen molar-refractivity contribution in [1.29, 1.82) is 0 Å². The Kier molecular flexibility index (Phi) is 5.83. The molecule has 1 aromatic heterocycles. The Bertz CT molecular complexity index is 1260. The van der Waals surface area contributed by atoms with Gasteiger partial charge in [-0.15, -0.1) is 11.3 Å². The number of nitrogens with zero attached hydrogens (tertiary/aromatic N) is 2. The zero-order valence-electron chi connectivity index (χ0n) is 16.2. The van der Waals surface area contributed by atoms with E-state index in [0.29, 0.717) is 21.8 Å². The highest BCUT2D eigenvalue weighted by atomic mass is 35.5. The third-order valence-electron chi connectivity index (χ3n) is 4.68. The van der Waals surface area contributed by atoms with Crippen LogP contribution in [0.5, 0.6) is 0 Å². The van der Waals surface area contributed by atoms with Crippen molar-refractivity contribution in [3.63, 3.8) is 0 Å². The van der Waals surface area contributed by atoms with Crippen LogP contribution in [0.4, 0.5) is 10.1 Å². The van der Waals surface area contributed by atoms with Crippen LogP contribution in [0, 0.1) is 5.82 Å². The average Bonchev–Trinajstić information content (AvgIpc) is 3.37. The summed E-state index contributed by atoms with van der Waals surface area (Å²) < 4.78 is 40.3. The molecular formula is C21H17ClFN3O3S2. The van der Waals surface area contributed by atoms with Crippen LogP contribution in [0.15, 0.2) is 65.1 Å². The second-order valence-electron chi connectivity index (χ2n) is 6.98. The molecule has 31 heavy (non-hydrogen) atoms. The summed E-state index contributed by atoms with van der Waals surface area (Å²) in [4.78, 5) is 13.6. The second kappa shape index (κ2) is 8.41. The SMILES string of the molecule is CS(=O)(=O)Nc1cccc(C2=NN(C(=O)c3cccs3)[C@H](c3c(F)cccc3Cl)C2)c1. The monoisotopic (exact) mass is 477 g/mol. The molecule has 0 saturated carbocycles. The van der Waals surface area contributed by atoms with E-state index in [1.807, 2.05) is 0 Å². The molecule has 1 atom stereocenters. The number of nitrogens with one attached hydrogen (secondary N) is 1. The van der Waals surface area contributed by atoms with Gasteiger partial charge in [0.15, 0.2) is 0 Å². The Morgan fingerprint density at radius 3 is 2.68 bits per heavy atom. The molecule has 10 heteroatoms. The Morgan fingerprint density at radius 2 is 2.00 bits per heavy atom. The van der Waals surface area contributed by atoms with Crippen LogP contribution < -0.4 is 4.72 Å². The molecule has 2 aromatic carbocycles. The summed E-state index contributed by atoms with van der Waals surface area (Å²) in [6, 6.07) is 13.7. The number of anilines is 1. The van der Waals surface area contributed by atoms with Crippen LogP contribution >= 0.6 is 22.9 Å². The first-order valence-electron chi connectivity index (χ1n) is 9.19. The molecule has 160 valence electrons. The molecule has 0 fully saturated rings. The van der Waals surface area contributed by atoms with Gasteiger partial charge in [-0.1, -0.05) is 35.9 Å². The lowest BCUT2D eigenvalue weighted by molar-refractivity contribution is 0.0714. The minimum atomic E-state index is -3.46. The fraction of sp³-hybridized carbons (Fsp3) is 0.143. The first-order chi connectivity index (χ1) is 14.7. The molecule has 6 nitrogen and oxygen atoms in total. The molecule has 1 aliphatic rings. The van der Waals surface area contributed by atoms with E-state index >= 15 is 0 Å². The maximum atomic E-state index is 14.7. The predicted octanol–water partition coefficient (Wildman–Crippen LogP) is 4.90. The molecule has 0 radical (unpaired) electrons. The van der Waals surface area contributed by atoms with Crippen molar-refractivity contribution >= 4 is 50.3 Å². The Morgan fingerprint density at radius 1 is 1.23 bits per heavy atom. The molecule has 4 rings (SSSR count). The number of thiophene rings is 1. The Labute approximate surface area is 188 Å². The summed E-state index contributed by atoms with van der Waals surface area (Å²) in [5.41, 5.74) is 1.70. The first-order valence-corrected chi connectivity index (χ1v) is 12.3. The number of carbonyl (C=O) groups is 1. The van der Waals surface area contributed by atoms with Crippen LogP contribution in [0.1, 0.15) is 33.3 Å². The smallest absolute Gasteiger partial charge is 0.284 e. The van der Waals surface area contributed by atoms with E-state index in [1.165, 1.54) is 28.5 Å². The van der Waals surface area contributed by atoms with Crippen molar-refractivity contribution in [2.24, 2.45) is 5.10 Å². The van der Waals surface area contributed by atoms with Gasteiger partial charge in [-0.05, 0) is 41.3 Å². The number of halogens is 2. The fourth-order valence-electron chi connectivity index (χ4n) is 3.42. The highest BCUT2D eigenvalue weighted by molar-refractivity contribution is 7.92. The standard InChI is InChI=1S/C21H17ClFN3O3S2/c1-31(28,29)25-14-6-2-5-13(11-14)17-12-18(20-15(22)7-3-8-16(20)23)26(24-17)21(27)19-9-4-10-30-19/h2-11,18,25H,12H2,1H3/t18-/m0/s1. The van der Waals surface area contributed by atoms with Gasteiger partial charge in [0.05, 0.1) is 22.9 Å². The molecule has 0 saturated heterocycles. The molecule has 3 aromatic rings. The van der Waals surface area contributed by atoms with E-state index < -0.39 is 21.9 Å². The predicted molar refractivity (Wildman–Crippen MR) is 121 cm³/mol. The lowest BCUT2D eigenvalue weighted by Gasteiger charge is -2.22. The van der Waals surface area contributed by atoms with Crippen molar-refractivity contribution in [1.82, 2.24) is 5.01 Å². The minimum Gasteiger partial charge on any atom is -0.284 e. The maximum absolute atomic E-state index is 14.7. The van der Waals surface area contributed by atoms with Crippen molar-refractivity contribution in [3.8, 4) is 0 Å². The second-order valence-corrected chi connectivity index (χ2v) is 10.1. The Balaban J connectivity index is 1.76. The molecule has 2 heterocycles. The van der Waals surface area contributed by atoms with Crippen LogP contribution in [0.2, 0.25) is 5.02 Å². The summed E-state index contributed by atoms with van der Waals surface area (Å²) in [6.45, 7) is 0. The number of carbonyl (C=O) groups excluding carboxylic acids is 1. The van der Waals surface area contributed by atoms with E-state index in [2.05, 4.69) is 9.82 Å². The van der Waals surface area contributed by atoms with Gasteiger partial charge in [-0.25, -0.2) is 17.8 Å². The molecule has 1 aliphatic heterocycles. The fourth-order valence-corrected chi connectivity index (χ4v) is 4.91. The molecule has 1 amide bonds. The number of hydrogen-bond donors (Lipinski definition) is 1. The van der Waals surface area contributed by atoms with Gasteiger partial charge in [0.25, 0.3) is 5.91 Å². The van der Waals surface area contributed by atoms with Crippen molar-refractivity contribution < 1.29 is 17.6 Å². The van der Waals surface area contributed by atoms with Crippen LogP contribution in [0.25, 0.3) is 0 Å². The van der Waals surface area contributed by atoms with Gasteiger partial charge in [0, 0.05) is 22.7 Å². The zero-order chi connectivity index (χ0) is 22.2. The highest BCUT2D eigenvalue weighted by Crippen LogP contribution is 2.39. The lowest BCUT2D eigenvalue weighted by atomic mass is 9.97. The minimum absolute atomic E-state index is 0.193. The number of sulfonamides is 1. The van der Waals surface area contributed by atoms with Crippen LogP contribution in [-0.4, -0.2) is 31.3 Å². The third-order valence-corrected chi connectivity index (χ3v) is 6.48. The molecule has 0 aliphatic carbocycles. The number of amides is 1. The van der Waals surface area contributed by atoms with Crippen molar-refractivity contribution in [3.05, 3.63) is 86.8 Å². The maximum Gasteiger partial charge on any atom is 0.284 e. The normalized spacial score (nSPS) is 16.3. The summed E-state index contributed by atoms with van der Waals surface area (Å²) in [7, 11) is -3.46. The van der Waals surface area contributed by atoms with Crippen LogP contribution in [-0.2, 0) is 10.0 Å². The topological polar surface area (TPSA) is 78.8 Å². The van der Waals surface area contributed by atoms with E-state index in [9.17, 15) is 17.6 Å². The van der Waals surface area contributed by atoms with Crippen molar-refractivity contribution in [2.45, 2.75) is 12.5 Å². The molecule has 1 N–H and O–H groups in total. The molecule has 0 bridgehead atoms. The van der Waals surface area contributed by atoms with Crippen LogP contribution in [0.3, 0.4) is 0 Å². The highest BCUT2D eigenvalue weighted by Gasteiger charge is 2.36. The number of hydrazone groups is 1. The molecular weight excluding hydrogens is 461 g/mol. The quantitative estimate of drug-likeness (QED) is 0.567. The molecule has 0 unspecified atom stereocenters. The third kappa shape index (κ3) is 4.63. The summed E-state index contributed by atoms with van der Waals surface area (Å²) in [5, 5.41) is 7.73. The van der Waals surface area contributed by atoms with E-state index in [4.69, 9.17) is 11.6 Å². The largest absolute Gasteiger partial charge is 0.284 e. The van der Waals surface area contributed by atoms with E-state index in [1.54, 1.807) is 47.8 Å². The van der Waals surface area contributed by atoms with Gasteiger partial charge in [-0.3, -0.25) is 9.52 Å². The average molecular weight is 478 g/mol. The zero-order valence-corrected chi connectivity index (χ0v) is 18.6. The number of benzene rings is 2. The van der Waals surface area contributed by atoms with E-state index in [-0.39, 0.29) is 22.9 Å². The van der Waals surface area contributed by atoms with Gasteiger partial charge in [0.1, 0.15) is 5.82 Å². The van der Waals surface area contributed by atoms with Crippen molar-refractivity contribution in [2.75, 3.05) is 11.0 Å². The summed E-state index contributed by atoms with van der Waals surface area (Å²) in [6.07, 6.45) is 1.28. The first kappa shape index (κ1) is 21.5. The van der Waals surface area contributed by atoms with E-state index in [0.717, 1.165) is 6.26 Å². The summed E-state index contributed by atoms with van der Waals surface area (Å²) in [5.74, 6) is -0.884. The summed E-state index contributed by atoms with van der Waals surface area (Å²) >= 11 is 7.56. The number of rotatable bonds is 5. The Hall–Kier alpha value is -2.75. The van der Waals surface area contributed by atoms with Gasteiger partial charge >= 0.3 is 0 Å². The van der Waals surface area contributed by atoms with Gasteiger partial charge in [-0.2, -0.15) is 5.10 Å². The van der Waals surface area contributed by atoms with Gasteiger partial charge in [0.2, 0.25) is 10.0 Å². The van der Waals surface area contributed by atoms with Gasteiger partial charge < -0.3 is 0 Å². The number of hydrogen-bond acceptors (Lipinski definition) is 5.